The number of carboxylic acids is 1. The molecule has 3 unspecified atom stereocenters. The minimum atomic E-state index is -0.869. The summed E-state index contributed by atoms with van der Waals surface area (Å²) in [6, 6.07) is 0. The number of rotatable bonds is 5. The zero-order valence-electron chi connectivity index (χ0n) is 11.5. The molecule has 1 aromatic heterocycles. The van der Waals surface area contributed by atoms with Crippen LogP contribution in [0.3, 0.4) is 0 Å². The van der Waals surface area contributed by atoms with Gasteiger partial charge in [-0.05, 0) is 36.1 Å². The fraction of sp³-hybridized carbons (Fsp3) is 0.833. The number of aromatic nitrogens is 4. The van der Waals surface area contributed by atoms with Crippen molar-refractivity contribution in [3.63, 3.8) is 0 Å². The van der Waals surface area contributed by atoms with Gasteiger partial charge in [0.15, 0.2) is 5.82 Å². The molecule has 3 atom stereocenters. The molecule has 1 saturated heterocycles. The topological polar surface area (TPSA) is 90.1 Å². The Morgan fingerprint density at radius 2 is 2.37 bits per heavy atom. The number of ether oxygens (including phenoxy) is 1. The quantitative estimate of drug-likeness (QED) is 0.865. The lowest BCUT2D eigenvalue weighted by Gasteiger charge is -2.24. The van der Waals surface area contributed by atoms with Gasteiger partial charge in [0.1, 0.15) is 6.10 Å². The molecule has 0 amide bonds. The summed E-state index contributed by atoms with van der Waals surface area (Å²) in [5, 5.41) is 20.9. The molecule has 1 fully saturated rings. The van der Waals surface area contributed by atoms with E-state index in [2.05, 4.69) is 22.4 Å². The summed E-state index contributed by atoms with van der Waals surface area (Å²) in [4.78, 5) is 11.4. The summed E-state index contributed by atoms with van der Waals surface area (Å²) in [5.41, 5.74) is -0.869. The first kappa shape index (κ1) is 13.9. The van der Waals surface area contributed by atoms with E-state index in [9.17, 15) is 9.90 Å². The number of nitrogens with zero attached hydrogens (tertiary/aromatic N) is 4. The highest BCUT2D eigenvalue weighted by atomic mass is 16.5. The van der Waals surface area contributed by atoms with Crippen LogP contribution in [-0.4, -0.2) is 37.9 Å². The van der Waals surface area contributed by atoms with Crippen LogP contribution in [0.4, 0.5) is 0 Å². The second-order valence-corrected chi connectivity index (χ2v) is 5.47. The van der Waals surface area contributed by atoms with Crippen LogP contribution in [0.15, 0.2) is 0 Å². The molecule has 7 nitrogen and oxygen atoms in total. The van der Waals surface area contributed by atoms with Crippen molar-refractivity contribution in [2.45, 2.75) is 46.3 Å². The maximum atomic E-state index is 11.4. The molecule has 0 radical (unpaired) electrons. The molecule has 19 heavy (non-hydrogen) atoms. The van der Waals surface area contributed by atoms with Gasteiger partial charge in [-0.2, -0.15) is 0 Å². The molecule has 2 rings (SSSR count). The Morgan fingerprint density at radius 3 is 2.89 bits per heavy atom. The Labute approximate surface area is 111 Å². The Morgan fingerprint density at radius 1 is 1.63 bits per heavy atom. The normalized spacial score (nSPS) is 26.3. The lowest BCUT2D eigenvalue weighted by Crippen LogP contribution is -2.33. The molecule has 1 aromatic rings. The van der Waals surface area contributed by atoms with E-state index in [4.69, 9.17) is 4.74 Å². The molecule has 0 spiro atoms. The summed E-state index contributed by atoms with van der Waals surface area (Å²) in [6.45, 7) is 6.61. The lowest BCUT2D eigenvalue weighted by molar-refractivity contribution is -0.149. The molecule has 0 aromatic carbocycles. The smallest absolute Gasteiger partial charge is 0.311 e. The van der Waals surface area contributed by atoms with Crippen LogP contribution in [0.1, 0.15) is 45.5 Å². The average Bonchev–Trinajstić information content (AvgIpc) is 2.97. The minimum absolute atomic E-state index is 0.134. The maximum Gasteiger partial charge on any atom is 0.311 e. The average molecular weight is 268 g/mol. The number of hydrogen-bond donors (Lipinski definition) is 1. The second kappa shape index (κ2) is 5.24. The van der Waals surface area contributed by atoms with Crippen LogP contribution < -0.4 is 0 Å². The van der Waals surface area contributed by atoms with Crippen LogP contribution >= 0.6 is 0 Å². The van der Waals surface area contributed by atoms with E-state index in [0.29, 0.717) is 24.8 Å². The number of aliphatic carboxylic acids is 1. The molecular formula is C12H20N4O3. The van der Waals surface area contributed by atoms with Gasteiger partial charge < -0.3 is 9.84 Å². The fourth-order valence-corrected chi connectivity index (χ4v) is 2.21. The monoisotopic (exact) mass is 268 g/mol. The first-order chi connectivity index (χ1) is 8.98. The minimum Gasteiger partial charge on any atom is -0.481 e. The highest BCUT2D eigenvalue weighted by Crippen LogP contribution is 2.33. The molecule has 1 aliphatic rings. The predicted molar refractivity (Wildman–Crippen MR) is 66.3 cm³/mol. The SMILES string of the molecule is CCC(C)(Cn1nnnc1C1OCCC1C)C(=O)O. The Kier molecular flexibility index (Phi) is 3.84. The van der Waals surface area contributed by atoms with E-state index in [1.807, 2.05) is 6.92 Å². The highest BCUT2D eigenvalue weighted by Gasteiger charge is 2.36. The number of tetrazole rings is 1. The molecule has 0 bridgehead atoms. The van der Waals surface area contributed by atoms with Crippen molar-refractivity contribution in [3.05, 3.63) is 5.82 Å². The van der Waals surface area contributed by atoms with E-state index >= 15 is 0 Å². The number of carboxylic acid groups (broad SMARTS) is 1. The molecule has 7 heteroatoms. The third-order valence-corrected chi connectivity index (χ3v) is 4.00. The van der Waals surface area contributed by atoms with Crippen molar-refractivity contribution in [2.75, 3.05) is 6.61 Å². The van der Waals surface area contributed by atoms with Gasteiger partial charge in [0.25, 0.3) is 0 Å². The van der Waals surface area contributed by atoms with Crippen LogP contribution in [0.2, 0.25) is 0 Å². The highest BCUT2D eigenvalue weighted by molar-refractivity contribution is 5.73. The molecule has 106 valence electrons. The molecule has 0 aliphatic carbocycles. The van der Waals surface area contributed by atoms with E-state index in [-0.39, 0.29) is 12.6 Å². The predicted octanol–water partition coefficient (Wildman–Crippen LogP) is 1.27. The van der Waals surface area contributed by atoms with Gasteiger partial charge in [0.2, 0.25) is 0 Å². The summed E-state index contributed by atoms with van der Waals surface area (Å²) in [7, 11) is 0. The van der Waals surface area contributed by atoms with E-state index < -0.39 is 11.4 Å². The molecule has 1 N–H and O–H groups in total. The van der Waals surface area contributed by atoms with Gasteiger partial charge in [-0.15, -0.1) is 5.10 Å². The second-order valence-electron chi connectivity index (χ2n) is 5.47. The van der Waals surface area contributed by atoms with E-state index in [1.54, 1.807) is 11.6 Å². The van der Waals surface area contributed by atoms with Gasteiger partial charge in [-0.25, -0.2) is 4.68 Å². The Bertz CT molecular complexity index is 462. The van der Waals surface area contributed by atoms with Gasteiger partial charge in [0, 0.05) is 6.61 Å². The van der Waals surface area contributed by atoms with Gasteiger partial charge >= 0.3 is 5.97 Å². The maximum absolute atomic E-state index is 11.4. The molecule has 1 aliphatic heterocycles. The Hall–Kier alpha value is -1.50. The molecule has 2 heterocycles. The zero-order valence-corrected chi connectivity index (χ0v) is 11.5. The van der Waals surface area contributed by atoms with Crippen molar-refractivity contribution >= 4 is 5.97 Å². The molecular weight excluding hydrogens is 248 g/mol. The van der Waals surface area contributed by atoms with Crippen LogP contribution in [-0.2, 0) is 16.1 Å². The van der Waals surface area contributed by atoms with Crippen molar-refractivity contribution in [1.29, 1.82) is 0 Å². The zero-order chi connectivity index (χ0) is 14.0. The number of hydrogen-bond acceptors (Lipinski definition) is 5. The van der Waals surface area contributed by atoms with Crippen LogP contribution in [0.5, 0.6) is 0 Å². The van der Waals surface area contributed by atoms with Crippen molar-refractivity contribution in [1.82, 2.24) is 20.2 Å². The largest absolute Gasteiger partial charge is 0.481 e. The Balaban J connectivity index is 2.22. The molecule has 0 saturated carbocycles. The standard InChI is InChI=1S/C12H20N4O3/c1-4-12(3,11(17)18)7-16-10(13-14-15-16)9-8(2)5-6-19-9/h8-9H,4-7H2,1-3H3,(H,17,18). The summed E-state index contributed by atoms with van der Waals surface area (Å²) >= 11 is 0. The summed E-state index contributed by atoms with van der Waals surface area (Å²) in [5.74, 6) is 0.144. The summed E-state index contributed by atoms with van der Waals surface area (Å²) < 4.78 is 7.22. The van der Waals surface area contributed by atoms with Crippen molar-refractivity contribution in [3.8, 4) is 0 Å². The van der Waals surface area contributed by atoms with Crippen LogP contribution in [0, 0.1) is 11.3 Å². The third-order valence-electron chi connectivity index (χ3n) is 4.00. The first-order valence-corrected chi connectivity index (χ1v) is 6.59. The lowest BCUT2D eigenvalue weighted by atomic mass is 9.87. The van der Waals surface area contributed by atoms with Crippen LogP contribution in [0.25, 0.3) is 0 Å². The van der Waals surface area contributed by atoms with Crippen molar-refractivity contribution in [2.24, 2.45) is 11.3 Å². The third kappa shape index (κ3) is 2.60. The fourth-order valence-electron chi connectivity index (χ4n) is 2.21. The van der Waals surface area contributed by atoms with E-state index in [1.165, 1.54) is 0 Å². The summed E-state index contributed by atoms with van der Waals surface area (Å²) in [6.07, 6.45) is 1.36. The first-order valence-electron chi connectivity index (χ1n) is 6.59. The van der Waals surface area contributed by atoms with Crippen molar-refractivity contribution < 1.29 is 14.6 Å². The number of carbonyl (C=O) groups is 1. The van der Waals surface area contributed by atoms with E-state index in [0.717, 1.165) is 6.42 Å². The van der Waals surface area contributed by atoms with Gasteiger partial charge in [0.05, 0.1) is 12.0 Å². The van der Waals surface area contributed by atoms with Gasteiger partial charge in [-0.1, -0.05) is 13.8 Å². The van der Waals surface area contributed by atoms with Gasteiger partial charge in [-0.3, -0.25) is 4.79 Å².